The molecule has 1 aromatic rings. The summed E-state index contributed by atoms with van der Waals surface area (Å²) in [5.74, 6) is 0. The molecule has 0 bridgehead atoms. The first-order valence-corrected chi connectivity index (χ1v) is 8.52. The first kappa shape index (κ1) is 14.5. The Morgan fingerprint density at radius 3 is 2.68 bits per heavy atom. The van der Waals surface area contributed by atoms with Crippen molar-refractivity contribution in [1.29, 1.82) is 0 Å². The van der Waals surface area contributed by atoms with Gasteiger partial charge in [0.2, 0.25) is 10.0 Å². The summed E-state index contributed by atoms with van der Waals surface area (Å²) in [6.07, 6.45) is 6.12. The summed E-state index contributed by atoms with van der Waals surface area (Å²) in [5, 5.41) is 4.26. The van der Waals surface area contributed by atoms with Crippen molar-refractivity contribution in [2.75, 3.05) is 32.4 Å². The average molecular weight is 286 g/mol. The molecule has 0 amide bonds. The standard InChI is InChI=1S/C12H22N4O2S/c1-3-15-11-12(9-13-15)10-14-5-4-6-16(8-7-14)19(2,17)18/h9,11H,3-8,10H2,1-2H3. The van der Waals surface area contributed by atoms with Gasteiger partial charge in [-0.1, -0.05) is 0 Å². The molecular formula is C12H22N4O2S. The topological polar surface area (TPSA) is 58.4 Å². The monoisotopic (exact) mass is 286 g/mol. The Labute approximate surface area is 115 Å². The van der Waals surface area contributed by atoms with Gasteiger partial charge in [-0.2, -0.15) is 5.10 Å². The largest absolute Gasteiger partial charge is 0.298 e. The summed E-state index contributed by atoms with van der Waals surface area (Å²) < 4.78 is 26.6. The number of hydrogen-bond acceptors (Lipinski definition) is 4. The molecule has 2 rings (SSSR count). The van der Waals surface area contributed by atoms with Crippen molar-refractivity contribution >= 4 is 10.0 Å². The molecule has 0 atom stereocenters. The quantitative estimate of drug-likeness (QED) is 0.802. The van der Waals surface area contributed by atoms with Crippen molar-refractivity contribution < 1.29 is 8.42 Å². The Morgan fingerprint density at radius 1 is 1.26 bits per heavy atom. The van der Waals surface area contributed by atoms with E-state index in [-0.39, 0.29) is 0 Å². The number of nitrogens with zero attached hydrogens (tertiary/aromatic N) is 4. The molecule has 1 aliphatic rings. The van der Waals surface area contributed by atoms with E-state index in [0.29, 0.717) is 13.1 Å². The van der Waals surface area contributed by atoms with Crippen LogP contribution in [-0.2, 0) is 23.1 Å². The van der Waals surface area contributed by atoms with Crippen molar-refractivity contribution in [3.63, 3.8) is 0 Å². The minimum absolute atomic E-state index is 0.584. The number of aromatic nitrogens is 2. The van der Waals surface area contributed by atoms with E-state index in [1.807, 2.05) is 10.9 Å². The normalized spacial score (nSPS) is 19.5. The van der Waals surface area contributed by atoms with Crippen LogP contribution in [0.4, 0.5) is 0 Å². The fourth-order valence-electron chi connectivity index (χ4n) is 2.36. The highest BCUT2D eigenvalue weighted by Crippen LogP contribution is 2.10. The number of rotatable bonds is 4. The van der Waals surface area contributed by atoms with Gasteiger partial charge in [-0.25, -0.2) is 12.7 Å². The second-order valence-electron chi connectivity index (χ2n) is 5.00. The van der Waals surface area contributed by atoms with E-state index in [2.05, 4.69) is 23.1 Å². The minimum atomic E-state index is -3.06. The van der Waals surface area contributed by atoms with Crippen LogP contribution in [0.15, 0.2) is 12.4 Å². The zero-order chi connectivity index (χ0) is 13.9. The lowest BCUT2D eigenvalue weighted by Crippen LogP contribution is -2.34. The Balaban J connectivity index is 1.92. The van der Waals surface area contributed by atoms with Gasteiger partial charge in [0, 0.05) is 44.5 Å². The predicted molar refractivity (Wildman–Crippen MR) is 74.2 cm³/mol. The van der Waals surface area contributed by atoms with Crippen LogP contribution in [-0.4, -0.2) is 59.8 Å². The van der Waals surface area contributed by atoms with Crippen LogP contribution in [0.5, 0.6) is 0 Å². The van der Waals surface area contributed by atoms with Gasteiger partial charge >= 0.3 is 0 Å². The van der Waals surface area contributed by atoms with Crippen LogP contribution < -0.4 is 0 Å². The van der Waals surface area contributed by atoms with Crippen LogP contribution in [0, 0.1) is 0 Å². The maximum absolute atomic E-state index is 11.5. The van der Waals surface area contributed by atoms with Crippen molar-refractivity contribution in [2.45, 2.75) is 26.4 Å². The summed E-state index contributed by atoms with van der Waals surface area (Å²) in [4.78, 5) is 2.29. The second-order valence-corrected chi connectivity index (χ2v) is 6.98. The maximum Gasteiger partial charge on any atom is 0.211 e. The molecule has 0 aliphatic carbocycles. The Kier molecular flexibility index (Phi) is 4.59. The van der Waals surface area contributed by atoms with Crippen LogP contribution in [0.2, 0.25) is 0 Å². The highest BCUT2D eigenvalue weighted by atomic mass is 32.2. The molecular weight excluding hydrogens is 264 g/mol. The maximum atomic E-state index is 11.5. The molecule has 0 aromatic carbocycles. The van der Waals surface area contributed by atoms with Crippen LogP contribution >= 0.6 is 0 Å². The summed E-state index contributed by atoms with van der Waals surface area (Å²) in [5.41, 5.74) is 1.19. The van der Waals surface area contributed by atoms with Crippen LogP contribution in [0.1, 0.15) is 18.9 Å². The fraction of sp³-hybridized carbons (Fsp3) is 0.750. The number of sulfonamides is 1. The second kappa shape index (κ2) is 6.02. The molecule has 1 fully saturated rings. The lowest BCUT2D eigenvalue weighted by atomic mass is 10.3. The van der Waals surface area contributed by atoms with E-state index in [0.717, 1.165) is 32.6 Å². The van der Waals surface area contributed by atoms with Crippen molar-refractivity contribution in [1.82, 2.24) is 19.0 Å². The third-order valence-corrected chi connectivity index (χ3v) is 4.74. The van der Waals surface area contributed by atoms with E-state index in [4.69, 9.17) is 0 Å². The first-order valence-electron chi connectivity index (χ1n) is 6.68. The smallest absolute Gasteiger partial charge is 0.211 e. The molecule has 6 nitrogen and oxygen atoms in total. The van der Waals surface area contributed by atoms with E-state index >= 15 is 0 Å². The molecule has 0 radical (unpaired) electrons. The molecule has 0 spiro atoms. The lowest BCUT2D eigenvalue weighted by molar-refractivity contribution is 0.278. The zero-order valence-electron chi connectivity index (χ0n) is 11.6. The molecule has 19 heavy (non-hydrogen) atoms. The Bertz CT molecular complexity index is 512. The third-order valence-electron chi connectivity index (χ3n) is 3.43. The molecule has 1 saturated heterocycles. The van der Waals surface area contributed by atoms with Gasteiger partial charge in [-0.3, -0.25) is 9.58 Å². The molecule has 108 valence electrons. The zero-order valence-corrected chi connectivity index (χ0v) is 12.4. The van der Waals surface area contributed by atoms with Gasteiger partial charge in [0.25, 0.3) is 0 Å². The lowest BCUT2D eigenvalue weighted by Gasteiger charge is -2.19. The van der Waals surface area contributed by atoms with Gasteiger partial charge in [-0.05, 0) is 19.9 Å². The van der Waals surface area contributed by atoms with E-state index in [1.54, 1.807) is 4.31 Å². The van der Waals surface area contributed by atoms with Crippen LogP contribution in [0.3, 0.4) is 0 Å². The summed E-state index contributed by atoms with van der Waals surface area (Å²) in [6, 6.07) is 0. The predicted octanol–water partition coefficient (Wildman–Crippen LogP) is 0.370. The van der Waals surface area contributed by atoms with E-state index in [1.165, 1.54) is 11.8 Å². The number of hydrogen-bond donors (Lipinski definition) is 0. The van der Waals surface area contributed by atoms with Gasteiger partial charge < -0.3 is 0 Å². The summed E-state index contributed by atoms with van der Waals surface area (Å²) in [6.45, 7) is 6.71. The fourth-order valence-corrected chi connectivity index (χ4v) is 3.23. The minimum Gasteiger partial charge on any atom is -0.298 e. The van der Waals surface area contributed by atoms with Gasteiger partial charge in [0.05, 0.1) is 12.5 Å². The van der Waals surface area contributed by atoms with Crippen molar-refractivity contribution in [3.05, 3.63) is 18.0 Å². The Morgan fingerprint density at radius 2 is 2.05 bits per heavy atom. The van der Waals surface area contributed by atoms with Crippen LogP contribution in [0.25, 0.3) is 0 Å². The Hall–Kier alpha value is -0.920. The summed E-state index contributed by atoms with van der Waals surface area (Å²) in [7, 11) is -3.06. The van der Waals surface area contributed by atoms with Crippen molar-refractivity contribution in [2.24, 2.45) is 0 Å². The summed E-state index contributed by atoms with van der Waals surface area (Å²) >= 11 is 0. The third kappa shape index (κ3) is 4.02. The molecule has 0 unspecified atom stereocenters. The van der Waals surface area contributed by atoms with Gasteiger partial charge in [-0.15, -0.1) is 0 Å². The van der Waals surface area contributed by atoms with Gasteiger partial charge in [0.1, 0.15) is 0 Å². The first-order chi connectivity index (χ1) is 8.99. The SMILES string of the molecule is CCn1cc(CN2CCCN(S(C)(=O)=O)CC2)cn1. The van der Waals surface area contributed by atoms with Gasteiger partial charge in [0.15, 0.2) is 0 Å². The molecule has 2 heterocycles. The molecule has 0 saturated carbocycles. The molecule has 0 N–H and O–H groups in total. The average Bonchev–Trinajstić information content (AvgIpc) is 2.65. The van der Waals surface area contributed by atoms with E-state index < -0.39 is 10.0 Å². The van der Waals surface area contributed by atoms with Crippen molar-refractivity contribution in [3.8, 4) is 0 Å². The highest BCUT2D eigenvalue weighted by molar-refractivity contribution is 7.88. The van der Waals surface area contributed by atoms with E-state index in [9.17, 15) is 8.42 Å². The molecule has 1 aromatic heterocycles. The molecule has 1 aliphatic heterocycles. The highest BCUT2D eigenvalue weighted by Gasteiger charge is 2.21. The molecule has 7 heteroatoms. The number of aryl methyl sites for hydroxylation is 1.